The van der Waals surface area contributed by atoms with Crippen LogP contribution in [-0.4, -0.2) is 29.2 Å². The van der Waals surface area contributed by atoms with Gasteiger partial charge in [0.2, 0.25) is 0 Å². The van der Waals surface area contributed by atoms with Crippen LogP contribution in [0.4, 0.5) is 4.79 Å². The Bertz CT molecular complexity index is 237. The minimum Gasteiger partial charge on any atom is -0.465 e. The summed E-state index contributed by atoms with van der Waals surface area (Å²) in [4.78, 5) is 11.7. The summed E-state index contributed by atoms with van der Waals surface area (Å²) in [6, 6.07) is 0. The normalized spacial score (nSPS) is 17.0. The quantitative estimate of drug-likeness (QED) is 0.523. The summed E-state index contributed by atoms with van der Waals surface area (Å²) in [7, 11) is 0. The molecular weight excluding hydrogens is 142 g/mol. The van der Waals surface area contributed by atoms with Crippen molar-refractivity contribution >= 4 is 6.09 Å². The summed E-state index contributed by atoms with van der Waals surface area (Å²) in [5.41, 5.74) is 0.905. The van der Waals surface area contributed by atoms with Crippen molar-refractivity contribution in [1.82, 2.24) is 4.90 Å². The fraction of sp³-hybridized carbons (Fsp3) is 0.375. The molecule has 1 N–H and O–H groups in total. The van der Waals surface area contributed by atoms with E-state index in [4.69, 9.17) is 11.5 Å². The zero-order chi connectivity index (χ0) is 8.27. The Morgan fingerprint density at radius 2 is 2.55 bits per heavy atom. The van der Waals surface area contributed by atoms with Crippen molar-refractivity contribution in [3.63, 3.8) is 0 Å². The molecular formula is C8H9NO2. The molecule has 0 aromatic rings. The van der Waals surface area contributed by atoms with Gasteiger partial charge in [0.05, 0.1) is 0 Å². The predicted molar refractivity (Wildman–Crippen MR) is 41.1 cm³/mol. The Kier molecular flexibility index (Phi) is 2.17. The number of carbonyl (C=O) groups is 1. The van der Waals surface area contributed by atoms with E-state index in [9.17, 15) is 4.79 Å². The first kappa shape index (κ1) is 7.67. The number of carboxylic acid groups (broad SMARTS) is 1. The van der Waals surface area contributed by atoms with Crippen molar-refractivity contribution in [3.8, 4) is 12.3 Å². The van der Waals surface area contributed by atoms with Crippen LogP contribution in [0.15, 0.2) is 11.6 Å². The molecule has 0 spiro atoms. The van der Waals surface area contributed by atoms with Gasteiger partial charge in [0, 0.05) is 18.7 Å². The van der Waals surface area contributed by atoms with Gasteiger partial charge in [0.15, 0.2) is 0 Å². The maximum absolute atomic E-state index is 10.4. The number of hydrogen-bond donors (Lipinski definition) is 1. The molecule has 1 heterocycles. The molecule has 0 bridgehead atoms. The molecule has 0 aromatic heterocycles. The topological polar surface area (TPSA) is 40.5 Å². The second-order valence-electron chi connectivity index (χ2n) is 2.35. The number of terminal acetylenes is 1. The molecule has 0 fully saturated rings. The summed E-state index contributed by atoms with van der Waals surface area (Å²) in [5.74, 6) is 2.50. The van der Waals surface area contributed by atoms with Gasteiger partial charge in [0.25, 0.3) is 0 Å². The fourth-order valence-electron chi connectivity index (χ4n) is 0.974. The molecule has 0 aliphatic carbocycles. The van der Waals surface area contributed by atoms with Crippen molar-refractivity contribution in [3.05, 3.63) is 11.6 Å². The number of hydrogen-bond acceptors (Lipinski definition) is 1. The Hall–Kier alpha value is -1.43. The monoisotopic (exact) mass is 151 g/mol. The highest BCUT2D eigenvalue weighted by Gasteiger charge is 2.14. The van der Waals surface area contributed by atoms with Crippen LogP contribution in [-0.2, 0) is 0 Å². The molecule has 0 saturated carbocycles. The van der Waals surface area contributed by atoms with E-state index in [1.807, 2.05) is 0 Å². The minimum atomic E-state index is -0.877. The van der Waals surface area contributed by atoms with E-state index >= 15 is 0 Å². The molecule has 0 aromatic carbocycles. The van der Waals surface area contributed by atoms with Crippen LogP contribution < -0.4 is 0 Å². The van der Waals surface area contributed by atoms with Gasteiger partial charge in [-0.05, 0) is 6.42 Å². The third-order valence-corrected chi connectivity index (χ3v) is 1.67. The molecule has 0 saturated heterocycles. The average molecular weight is 151 g/mol. The fourth-order valence-corrected chi connectivity index (χ4v) is 0.974. The van der Waals surface area contributed by atoms with E-state index in [0.29, 0.717) is 19.5 Å². The third-order valence-electron chi connectivity index (χ3n) is 1.67. The van der Waals surface area contributed by atoms with E-state index < -0.39 is 6.09 Å². The Morgan fingerprint density at radius 1 is 1.82 bits per heavy atom. The summed E-state index contributed by atoms with van der Waals surface area (Å²) >= 11 is 0. The average Bonchev–Trinajstić information content (AvgIpc) is 2.05. The lowest BCUT2D eigenvalue weighted by molar-refractivity contribution is 0.149. The van der Waals surface area contributed by atoms with Crippen molar-refractivity contribution in [2.45, 2.75) is 6.42 Å². The van der Waals surface area contributed by atoms with Crippen LogP contribution in [0, 0.1) is 12.3 Å². The van der Waals surface area contributed by atoms with Crippen molar-refractivity contribution < 1.29 is 9.90 Å². The Labute approximate surface area is 65.3 Å². The maximum atomic E-state index is 10.4. The van der Waals surface area contributed by atoms with Crippen LogP contribution in [0.2, 0.25) is 0 Å². The molecule has 3 nitrogen and oxygen atoms in total. The van der Waals surface area contributed by atoms with E-state index in [1.54, 1.807) is 6.08 Å². The van der Waals surface area contributed by atoms with Crippen LogP contribution in [0.5, 0.6) is 0 Å². The summed E-state index contributed by atoms with van der Waals surface area (Å²) in [6.07, 6.45) is 6.71. The highest BCUT2D eigenvalue weighted by molar-refractivity contribution is 5.65. The Morgan fingerprint density at radius 3 is 2.91 bits per heavy atom. The molecule has 58 valence electrons. The number of nitrogens with zero attached hydrogens (tertiary/aromatic N) is 1. The van der Waals surface area contributed by atoms with Gasteiger partial charge >= 0.3 is 6.09 Å². The second kappa shape index (κ2) is 3.11. The lowest BCUT2D eigenvalue weighted by atomic mass is 10.1. The maximum Gasteiger partial charge on any atom is 0.407 e. The van der Waals surface area contributed by atoms with Crippen LogP contribution >= 0.6 is 0 Å². The van der Waals surface area contributed by atoms with Gasteiger partial charge < -0.3 is 10.0 Å². The van der Waals surface area contributed by atoms with Gasteiger partial charge in [-0.15, -0.1) is 6.42 Å². The molecule has 1 amide bonds. The second-order valence-corrected chi connectivity index (χ2v) is 2.35. The highest BCUT2D eigenvalue weighted by atomic mass is 16.4. The van der Waals surface area contributed by atoms with Crippen molar-refractivity contribution in [2.75, 3.05) is 13.1 Å². The molecule has 1 rings (SSSR count). The third kappa shape index (κ3) is 1.74. The van der Waals surface area contributed by atoms with Crippen LogP contribution in [0.3, 0.4) is 0 Å². The lowest BCUT2D eigenvalue weighted by Gasteiger charge is -2.21. The molecule has 0 unspecified atom stereocenters. The SMILES string of the molecule is C#CC1=CCN(C(=O)O)CC1. The summed E-state index contributed by atoms with van der Waals surface area (Å²) in [5, 5.41) is 8.54. The van der Waals surface area contributed by atoms with Crippen molar-refractivity contribution in [2.24, 2.45) is 0 Å². The standard InChI is InChI=1S/C8H9NO2/c1-2-7-3-5-9(6-4-7)8(10)11/h1,3H,4-6H2,(H,10,11). The highest BCUT2D eigenvalue weighted by Crippen LogP contribution is 2.08. The molecule has 0 radical (unpaired) electrons. The van der Waals surface area contributed by atoms with E-state index in [1.165, 1.54) is 4.90 Å². The molecule has 11 heavy (non-hydrogen) atoms. The molecule has 3 heteroatoms. The smallest absolute Gasteiger partial charge is 0.407 e. The van der Waals surface area contributed by atoms with Crippen LogP contribution in [0.25, 0.3) is 0 Å². The molecule has 0 atom stereocenters. The first-order valence-electron chi connectivity index (χ1n) is 3.37. The van der Waals surface area contributed by atoms with E-state index in [0.717, 1.165) is 5.57 Å². The van der Waals surface area contributed by atoms with Crippen molar-refractivity contribution in [1.29, 1.82) is 0 Å². The van der Waals surface area contributed by atoms with Gasteiger partial charge in [-0.3, -0.25) is 0 Å². The Balaban J connectivity index is 2.56. The van der Waals surface area contributed by atoms with Gasteiger partial charge in [-0.25, -0.2) is 4.79 Å². The lowest BCUT2D eigenvalue weighted by Crippen LogP contribution is -2.33. The minimum absolute atomic E-state index is 0.425. The van der Waals surface area contributed by atoms with Gasteiger partial charge in [-0.1, -0.05) is 12.0 Å². The van der Waals surface area contributed by atoms with Gasteiger partial charge in [-0.2, -0.15) is 0 Å². The number of rotatable bonds is 0. The predicted octanol–water partition coefficient (Wildman–Crippen LogP) is 0.930. The summed E-state index contributed by atoms with van der Waals surface area (Å²) < 4.78 is 0. The number of amides is 1. The zero-order valence-corrected chi connectivity index (χ0v) is 6.08. The zero-order valence-electron chi connectivity index (χ0n) is 6.08. The first-order chi connectivity index (χ1) is 5.24. The van der Waals surface area contributed by atoms with E-state index in [2.05, 4.69) is 5.92 Å². The van der Waals surface area contributed by atoms with Crippen LogP contribution in [0.1, 0.15) is 6.42 Å². The largest absolute Gasteiger partial charge is 0.465 e. The molecule has 1 aliphatic heterocycles. The first-order valence-corrected chi connectivity index (χ1v) is 3.37. The van der Waals surface area contributed by atoms with Gasteiger partial charge in [0.1, 0.15) is 0 Å². The van der Waals surface area contributed by atoms with E-state index in [-0.39, 0.29) is 0 Å². The summed E-state index contributed by atoms with van der Waals surface area (Å²) in [6.45, 7) is 0.945. The molecule has 1 aliphatic rings.